The van der Waals surface area contributed by atoms with Gasteiger partial charge in [0.05, 0.1) is 19.9 Å². The van der Waals surface area contributed by atoms with Crippen molar-refractivity contribution in [3.05, 3.63) is 65.7 Å². The van der Waals surface area contributed by atoms with Gasteiger partial charge in [-0.05, 0) is 30.2 Å². The minimum Gasteiger partial charge on any atom is -0.497 e. The number of nitrogens with one attached hydrogen (secondary N) is 1. The summed E-state index contributed by atoms with van der Waals surface area (Å²) >= 11 is 0. The highest BCUT2D eigenvalue weighted by Gasteiger charge is 2.08. The molecule has 0 aliphatic heterocycles. The van der Waals surface area contributed by atoms with Crippen molar-refractivity contribution < 1.29 is 14.3 Å². The smallest absolute Gasteiger partial charge is 0.318 e. The van der Waals surface area contributed by atoms with E-state index >= 15 is 0 Å². The van der Waals surface area contributed by atoms with Gasteiger partial charge < -0.3 is 14.8 Å². The van der Waals surface area contributed by atoms with Crippen LogP contribution in [0, 0.1) is 0 Å². The number of benzene rings is 2. The molecule has 0 radical (unpaired) electrons. The minimum absolute atomic E-state index is 0.274. The lowest BCUT2D eigenvalue weighted by molar-refractivity contribution is 0.112. The molecule has 1 heterocycles. The number of carbonyl (C=O) groups excluding carboxylic acids is 1. The highest BCUT2D eigenvalue weighted by molar-refractivity contribution is 5.78. The summed E-state index contributed by atoms with van der Waals surface area (Å²) in [7, 11) is 3.18. The molecule has 1 aromatic heterocycles. The molecule has 0 aliphatic carbocycles. The summed E-state index contributed by atoms with van der Waals surface area (Å²) in [5.41, 5.74) is 3.32. The first-order valence-electron chi connectivity index (χ1n) is 9.57. The SMILES string of the molecule is CC.COc1ccc(CCNc2cc(-c3cccc(C=O)c3)nc(OC)n2)cc1. The number of aldehydes is 1. The zero-order valence-electron chi connectivity index (χ0n) is 17.3. The van der Waals surface area contributed by atoms with Gasteiger partial charge >= 0.3 is 6.01 Å². The zero-order chi connectivity index (χ0) is 21.1. The Morgan fingerprint density at radius 1 is 0.966 bits per heavy atom. The van der Waals surface area contributed by atoms with E-state index in [2.05, 4.69) is 15.3 Å². The average Bonchev–Trinajstić information content (AvgIpc) is 2.80. The fourth-order valence-corrected chi connectivity index (χ4v) is 2.65. The molecule has 0 saturated heterocycles. The van der Waals surface area contributed by atoms with Gasteiger partial charge in [0.25, 0.3) is 0 Å². The predicted molar refractivity (Wildman–Crippen MR) is 116 cm³/mol. The zero-order valence-corrected chi connectivity index (χ0v) is 17.3. The van der Waals surface area contributed by atoms with E-state index in [-0.39, 0.29) is 6.01 Å². The Morgan fingerprint density at radius 3 is 2.38 bits per heavy atom. The normalized spacial score (nSPS) is 9.79. The summed E-state index contributed by atoms with van der Waals surface area (Å²) in [6, 6.07) is 17.4. The quantitative estimate of drug-likeness (QED) is 0.562. The Morgan fingerprint density at radius 2 is 1.72 bits per heavy atom. The second-order valence-electron chi connectivity index (χ2n) is 5.89. The van der Waals surface area contributed by atoms with Crippen LogP contribution in [0.4, 0.5) is 5.82 Å². The van der Waals surface area contributed by atoms with Crippen LogP contribution in [-0.4, -0.2) is 37.0 Å². The molecule has 2 aromatic carbocycles. The average molecular weight is 393 g/mol. The second-order valence-corrected chi connectivity index (χ2v) is 5.89. The van der Waals surface area contributed by atoms with E-state index in [0.29, 0.717) is 23.6 Å². The van der Waals surface area contributed by atoms with Gasteiger partial charge in [-0.15, -0.1) is 0 Å². The molecule has 0 atom stereocenters. The van der Waals surface area contributed by atoms with Crippen LogP contribution in [0.2, 0.25) is 0 Å². The molecule has 0 spiro atoms. The molecule has 0 fully saturated rings. The van der Waals surface area contributed by atoms with Gasteiger partial charge in [-0.25, -0.2) is 0 Å². The lowest BCUT2D eigenvalue weighted by atomic mass is 10.1. The Kier molecular flexibility index (Phi) is 8.63. The summed E-state index contributed by atoms with van der Waals surface area (Å²) < 4.78 is 10.4. The number of aromatic nitrogens is 2. The third kappa shape index (κ3) is 6.31. The number of hydrogen-bond donors (Lipinski definition) is 1. The van der Waals surface area contributed by atoms with Crippen LogP contribution in [0.1, 0.15) is 29.8 Å². The van der Waals surface area contributed by atoms with Crippen LogP contribution < -0.4 is 14.8 Å². The number of nitrogens with zero attached hydrogens (tertiary/aromatic N) is 2. The molecule has 1 N–H and O–H groups in total. The van der Waals surface area contributed by atoms with Gasteiger partial charge in [0.1, 0.15) is 17.9 Å². The molecular formula is C23H27N3O3. The first-order chi connectivity index (χ1) is 14.2. The van der Waals surface area contributed by atoms with Gasteiger partial charge in [0.15, 0.2) is 0 Å². The Labute approximate surface area is 171 Å². The van der Waals surface area contributed by atoms with Crippen molar-refractivity contribution in [3.8, 4) is 23.0 Å². The van der Waals surface area contributed by atoms with E-state index < -0.39 is 0 Å². The summed E-state index contributed by atoms with van der Waals surface area (Å²) in [4.78, 5) is 19.7. The highest BCUT2D eigenvalue weighted by atomic mass is 16.5. The van der Waals surface area contributed by atoms with E-state index in [9.17, 15) is 4.79 Å². The molecule has 29 heavy (non-hydrogen) atoms. The summed E-state index contributed by atoms with van der Waals surface area (Å²) in [6.45, 7) is 4.71. The highest BCUT2D eigenvalue weighted by Crippen LogP contribution is 2.23. The van der Waals surface area contributed by atoms with E-state index in [1.807, 2.05) is 56.3 Å². The molecule has 3 rings (SSSR count). The number of ether oxygens (including phenoxy) is 2. The summed E-state index contributed by atoms with van der Waals surface area (Å²) in [5, 5.41) is 3.30. The second kappa shape index (κ2) is 11.4. The maximum absolute atomic E-state index is 11.0. The van der Waals surface area contributed by atoms with E-state index in [0.717, 1.165) is 24.0 Å². The molecule has 0 saturated carbocycles. The lowest BCUT2D eigenvalue weighted by Crippen LogP contribution is -2.08. The molecule has 0 aliphatic rings. The van der Waals surface area contributed by atoms with Crippen molar-refractivity contribution >= 4 is 12.1 Å². The Balaban J connectivity index is 0.00000145. The summed E-state index contributed by atoms with van der Waals surface area (Å²) in [5.74, 6) is 1.51. The van der Waals surface area contributed by atoms with Crippen molar-refractivity contribution in [2.24, 2.45) is 0 Å². The number of rotatable bonds is 8. The van der Waals surface area contributed by atoms with Crippen LogP contribution >= 0.6 is 0 Å². The lowest BCUT2D eigenvalue weighted by Gasteiger charge is -2.10. The number of carbonyl (C=O) groups is 1. The molecule has 6 nitrogen and oxygen atoms in total. The molecule has 0 bridgehead atoms. The molecular weight excluding hydrogens is 366 g/mol. The van der Waals surface area contributed by atoms with E-state index in [4.69, 9.17) is 9.47 Å². The maximum atomic E-state index is 11.0. The minimum atomic E-state index is 0.274. The van der Waals surface area contributed by atoms with Crippen molar-refractivity contribution in [3.63, 3.8) is 0 Å². The Bertz CT molecular complexity index is 911. The van der Waals surface area contributed by atoms with Gasteiger partial charge in [0.2, 0.25) is 0 Å². The number of hydrogen-bond acceptors (Lipinski definition) is 6. The van der Waals surface area contributed by atoms with Crippen molar-refractivity contribution in [2.75, 3.05) is 26.1 Å². The topological polar surface area (TPSA) is 73.3 Å². The monoisotopic (exact) mass is 393 g/mol. The van der Waals surface area contributed by atoms with E-state index in [1.54, 1.807) is 19.2 Å². The summed E-state index contributed by atoms with van der Waals surface area (Å²) in [6.07, 6.45) is 1.65. The molecule has 0 unspecified atom stereocenters. The fourth-order valence-electron chi connectivity index (χ4n) is 2.65. The first kappa shape index (κ1) is 21.9. The van der Waals surface area contributed by atoms with Crippen molar-refractivity contribution in [1.29, 1.82) is 0 Å². The van der Waals surface area contributed by atoms with Crippen LogP contribution in [0.5, 0.6) is 11.8 Å². The van der Waals surface area contributed by atoms with Crippen LogP contribution in [0.25, 0.3) is 11.3 Å². The molecule has 6 heteroatoms. The molecule has 0 amide bonds. The number of anilines is 1. The molecule has 152 valence electrons. The van der Waals surface area contributed by atoms with Gasteiger partial charge in [-0.2, -0.15) is 9.97 Å². The fraction of sp³-hybridized carbons (Fsp3) is 0.261. The predicted octanol–water partition coefficient (Wildman–Crippen LogP) is 4.65. The maximum Gasteiger partial charge on any atom is 0.318 e. The standard InChI is InChI=1S/C21H21N3O3.C2H6/c1-26-18-8-6-15(7-9-18)10-11-22-20-13-19(23-21(24-20)27-2)17-5-3-4-16(12-17)14-25;1-2/h3-9,12-14H,10-11H2,1-2H3,(H,22,23,24);1-2H3. The van der Waals surface area contributed by atoms with Gasteiger partial charge in [0, 0.05) is 23.7 Å². The molecule has 3 aromatic rings. The number of methoxy groups -OCH3 is 2. The van der Waals surface area contributed by atoms with Crippen molar-refractivity contribution in [2.45, 2.75) is 20.3 Å². The largest absolute Gasteiger partial charge is 0.497 e. The van der Waals surface area contributed by atoms with Gasteiger partial charge in [-0.1, -0.05) is 44.2 Å². The van der Waals surface area contributed by atoms with E-state index in [1.165, 1.54) is 12.7 Å². The van der Waals surface area contributed by atoms with Crippen molar-refractivity contribution in [1.82, 2.24) is 9.97 Å². The van der Waals surface area contributed by atoms with Crippen LogP contribution in [-0.2, 0) is 6.42 Å². The van der Waals surface area contributed by atoms with Crippen LogP contribution in [0.3, 0.4) is 0 Å². The third-order valence-electron chi connectivity index (χ3n) is 4.09. The van der Waals surface area contributed by atoms with Crippen LogP contribution in [0.15, 0.2) is 54.6 Å². The van der Waals surface area contributed by atoms with Gasteiger partial charge in [-0.3, -0.25) is 4.79 Å². The Hall–Kier alpha value is -3.41. The first-order valence-corrected chi connectivity index (χ1v) is 9.57. The third-order valence-corrected chi connectivity index (χ3v) is 4.09.